The first-order valence-corrected chi connectivity index (χ1v) is 10.9. The number of likely N-dealkylation sites (tertiary alicyclic amines) is 1. The van der Waals surface area contributed by atoms with E-state index in [1.165, 1.54) is 28.0 Å². The Balaban J connectivity index is 1.42. The van der Waals surface area contributed by atoms with Gasteiger partial charge in [-0.3, -0.25) is 9.59 Å². The van der Waals surface area contributed by atoms with Gasteiger partial charge in [-0.05, 0) is 37.5 Å². The second-order valence-corrected chi connectivity index (χ2v) is 8.82. The third kappa shape index (κ3) is 4.28. The van der Waals surface area contributed by atoms with Gasteiger partial charge in [0, 0.05) is 30.5 Å². The molecule has 1 aliphatic heterocycles. The van der Waals surface area contributed by atoms with E-state index < -0.39 is 0 Å². The van der Waals surface area contributed by atoms with E-state index >= 15 is 0 Å². The Morgan fingerprint density at radius 2 is 1.87 bits per heavy atom. The highest BCUT2D eigenvalue weighted by molar-refractivity contribution is 7.14. The molecule has 3 aromatic rings. The standard InChI is InChI=1S/C24H25N3O2S/c1-15-9-16(2)22(17(3)10-15)20-14-30-24(25-20)26-23(29)19-11-21(28)27(13-19)12-18-7-5-4-6-8-18/h4-10,14,19H,11-13H2,1-3H3,(H,25,26,29). The van der Waals surface area contributed by atoms with Crippen molar-refractivity contribution in [2.45, 2.75) is 33.7 Å². The van der Waals surface area contributed by atoms with Crippen molar-refractivity contribution in [3.8, 4) is 11.3 Å². The lowest BCUT2D eigenvalue weighted by molar-refractivity contribution is -0.128. The smallest absolute Gasteiger partial charge is 0.231 e. The molecule has 1 N–H and O–H groups in total. The van der Waals surface area contributed by atoms with Crippen molar-refractivity contribution < 1.29 is 9.59 Å². The minimum Gasteiger partial charge on any atom is -0.338 e. The number of nitrogens with zero attached hydrogens (tertiary/aromatic N) is 2. The molecule has 0 spiro atoms. The lowest BCUT2D eigenvalue weighted by Gasteiger charge is -2.16. The minimum atomic E-state index is -0.351. The summed E-state index contributed by atoms with van der Waals surface area (Å²) in [6.45, 7) is 7.22. The zero-order valence-corrected chi connectivity index (χ0v) is 18.3. The monoisotopic (exact) mass is 419 g/mol. The zero-order chi connectivity index (χ0) is 21.3. The molecule has 30 heavy (non-hydrogen) atoms. The summed E-state index contributed by atoms with van der Waals surface area (Å²) in [7, 11) is 0. The van der Waals surface area contributed by atoms with Gasteiger partial charge in [0.1, 0.15) is 0 Å². The Morgan fingerprint density at radius 3 is 2.57 bits per heavy atom. The number of thiazole rings is 1. The van der Waals surface area contributed by atoms with Crippen LogP contribution >= 0.6 is 11.3 Å². The fourth-order valence-corrected chi connectivity index (χ4v) is 4.85. The lowest BCUT2D eigenvalue weighted by atomic mass is 9.98. The van der Waals surface area contributed by atoms with Crippen LogP contribution in [-0.2, 0) is 16.1 Å². The summed E-state index contributed by atoms with van der Waals surface area (Å²) in [4.78, 5) is 31.5. The van der Waals surface area contributed by atoms with E-state index in [1.807, 2.05) is 35.7 Å². The van der Waals surface area contributed by atoms with Gasteiger partial charge in [0.25, 0.3) is 0 Å². The molecule has 5 nitrogen and oxygen atoms in total. The van der Waals surface area contributed by atoms with Crippen molar-refractivity contribution >= 4 is 28.3 Å². The normalized spacial score (nSPS) is 16.2. The summed E-state index contributed by atoms with van der Waals surface area (Å²) in [6.07, 6.45) is 0.243. The molecular formula is C24H25N3O2S. The van der Waals surface area contributed by atoms with Crippen LogP contribution in [0.5, 0.6) is 0 Å². The fourth-order valence-electron chi connectivity index (χ4n) is 4.14. The number of hydrogen-bond donors (Lipinski definition) is 1. The maximum Gasteiger partial charge on any atom is 0.231 e. The maximum atomic E-state index is 12.8. The van der Waals surface area contributed by atoms with Gasteiger partial charge in [-0.25, -0.2) is 4.98 Å². The molecule has 1 unspecified atom stereocenters. The number of carbonyl (C=O) groups is 2. The number of nitrogens with one attached hydrogen (secondary N) is 1. The molecule has 0 aliphatic carbocycles. The van der Waals surface area contributed by atoms with Crippen LogP contribution in [0.15, 0.2) is 47.8 Å². The number of aromatic nitrogens is 1. The summed E-state index contributed by atoms with van der Waals surface area (Å²) in [5.41, 5.74) is 6.63. The Morgan fingerprint density at radius 1 is 1.17 bits per heavy atom. The first kappa shape index (κ1) is 20.3. The van der Waals surface area contributed by atoms with Crippen LogP contribution in [0, 0.1) is 26.7 Å². The van der Waals surface area contributed by atoms with Gasteiger partial charge < -0.3 is 10.2 Å². The molecule has 1 aliphatic rings. The van der Waals surface area contributed by atoms with Crippen LogP contribution in [0.3, 0.4) is 0 Å². The average molecular weight is 420 g/mol. The highest BCUT2D eigenvalue weighted by Crippen LogP contribution is 2.31. The summed E-state index contributed by atoms with van der Waals surface area (Å²) in [5.74, 6) is -0.474. The third-order valence-electron chi connectivity index (χ3n) is 5.47. The predicted octanol–water partition coefficient (Wildman–Crippen LogP) is 4.72. The number of anilines is 1. The largest absolute Gasteiger partial charge is 0.338 e. The third-order valence-corrected chi connectivity index (χ3v) is 6.23. The number of rotatable bonds is 5. The van der Waals surface area contributed by atoms with Crippen LogP contribution in [0.25, 0.3) is 11.3 Å². The predicted molar refractivity (Wildman–Crippen MR) is 120 cm³/mol. The highest BCUT2D eigenvalue weighted by atomic mass is 32.1. The van der Waals surface area contributed by atoms with Crippen molar-refractivity contribution in [3.05, 3.63) is 70.1 Å². The van der Waals surface area contributed by atoms with E-state index in [9.17, 15) is 9.59 Å². The summed E-state index contributed by atoms with van der Waals surface area (Å²) < 4.78 is 0. The molecule has 4 rings (SSSR count). The van der Waals surface area contributed by atoms with Crippen LogP contribution in [0.1, 0.15) is 28.7 Å². The summed E-state index contributed by atoms with van der Waals surface area (Å²) >= 11 is 1.42. The first-order chi connectivity index (χ1) is 14.4. The van der Waals surface area contributed by atoms with Gasteiger partial charge in [0.15, 0.2) is 5.13 Å². The van der Waals surface area contributed by atoms with Crippen molar-refractivity contribution in [3.63, 3.8) is 0 Å². The van der Waals surface area contributed by atoms with Crippen molar-refractivity contribution in [2.24, 2.45) is 5.92 Å². The first-order valence-electron chi connectivity index (χ1n) is 10.1. The van der Waals surface area contributed by atoms with Crippen LogP contribution in [-0.4, -0.2) is 28.2 Å². The number of hydrogen-bond acceptors (Lipinski definition) is 4. The second-order valence-electron chi connectivity index (χ2n) is 7.96. The van der Waals surface area contributed by atoms with Gasteiger partial charge in [0.2, 0.25) is 11.8 Å². The van der Waals surface area contributed by atoms with E-state index in [0.29, 0.717) is 18.2 Å². The minimum absolute atomic E-state index is 0.0183. The number of aryl methyl sites for hydroxylation is 3. The van der Waals surface area contributed by atoms with Gasteiger partial charge in [0.05, 0.1) is 11.6 Å². The molecular weight excluding hydrogens is 394 g/mol. The molecule has 2 amide bonds. The molecule has 2 heterocycles. The van der Waals surface area contributed by atoms with Crippen LogP contribution in [0.2, 0.25) is 0 Å². The van der Waals surface area contributed by atoms with Crippen molar-refractivity contribution in [2.75, 3.05) is 11.9 Å². The van der Waals surface area contributed by atoms with Crippen molar-refractivity contribution in [1.82, 2.24) is 9.88 Å². The molecule has 1 saturated heterocycles. The van der Waals surface area contributed by atoms with E-state index in [4.69, 9.17) is 0 Å². The molecule has 2 aromatic carbocycles. The summed E-state index contributed by atoms with van der Waals surface area (Å²) in [6, 6.07) is 14.1. The molecule has 0 radical (unpaired) electrons. The molecule has 1 atom stereocenters. The fraction of sp³-hybridized carbons (Fsp3) is 0.292. The zero-order valence-electron chi connectivity index (χ0n) is 17.4. The van der Waals surface area contributed by atoms with Gasteiger partial charge in [-0.2, -0.15) is 0 Å². The average Bonchev–Trinajstić information content (AvgIpc) is 3.29. The SMILES string of the molecule is Cc1cc(C)c(-c2csc(NC(=O)C3CC(=O)N(Cc4ccccc4)C3)n2)c(C)c1. The van der Waals surface area contributed by atoms with Gasteiger partial charge >= 0.3 is 0 Å². The Hall–Kier alpha value is -2.99. The number of benzene rings is 2. The maximum absolute atomic E-state index is 12.8. The van der Waals surface area contributed by atoms with E-state index in [1.54, 1.807) is 4.90 Å². The summed E-state index contributed by atoms with van der Waals surface area (Å²) in [5, 5.41) is 5.47. The molecule has 1 fully saturated rings. The van der Waals surface area contributed by atoms with Gasteiger partial charge in [-0.1, -0.05) is 48.0 Å². The van der Waals surface area contributed by atoms with Crippen LogP contribution in [0.4, 0.5) is 5.13 Å². The second kappa shape index (κ2) is 8.40. The van der Waals surface area contributed by atoms with Crippen LogP contribution < -0.4 is 5.32 Å². The number of carbonyl (C=O) groups excluding carboxylic acids is 2. The molecule has 0 saturated carbocycles. The Labute approximate surface area is 180 Å². The Kier molecular flexibility index (Phi) is 5.68. The molecule has 6 heteroatoms. The van der Waals surface area contributed by atoms with Gasteiger partial charge in [-0.15, -0.1) is 11.3 Å². The Bertz CT molecular complexity index is 1070. The van der Waals surface area contributed by atoms with E-state index in [-0.39, 0.29) is 24.2 Å². The molecule has 0 bridgehead atoms. The quantitative estimate of drug-likeness (QED) is 0.651. The lowest BCUT2D eigenvalue weighted by Crippen LogP contribution is -2.28. The highest BCUT2D eigenvalue weighted by Gasteiger charge is 2.34. The van der Waals surface area contributed by atoms with E-state index in [2.05, 4.69) is 43.2 Å². The molecule has 1 aromatic heterocycles. The van der Waals surface area contributed by atoms with E-state index in [0.717, 1.165) is 16.8 Å². The topological polar surface area (TPSA) is 62.3 Å². The van der Waals surface area contributed by atoms with Crippen molar-refractivity contribution in [1.29, 1.82) is 0 Å². The number of amides is 2. The molecule has 154 valence electrons.